The largest absolute Gasteiger partial charge is 0.418 e. The van der Waals surface area contributed by atoms with Crippen LogP contribution in [0.5, 0.6) is 0 Å². The Hall–Kier alpha value is -3.54. The lowest BCUT2D eigenvalue weighted by atomic mass is 9.91. The lowest BCUT2D eigenvalue weighted by Crippen LogP contribution is -2.44. The van der Waals surface area contributed by atoms with E-state index in [1.54, 1.807) is 0 Å². The van der Waals surface area contributed by atoms with Gasteiger partial charge in [-0.3, -0.25) is 13.9 Å². The summed E-state index contributed by atoms with van der Waals surface area (Å²) in [5.41, 5.74) is 1.57. The first kappa shape index (κ1) is 27.0. The Kier molecular flexibility index (Phi) is 6.44. The van der Waals surface area contributed by atoms with E-state index in [0.717, 1.165) is 71.4 Å². The fraction of sp³-hybridized carbons (Fsp3) is 0.444. The zero-order chi connectivity index (χ0) is 28.3. The van der Waals surface area contributed by atoms with Gasteiger partial charge in [0.15, 0.2) is 5.67 Å². The van der Waals surface area contributed by atoms with Crippen molar-refractivity contribution < 1.29 is 26.5 Å². The van der Waals surface area contributed by atoms with Crippen LogP contribution in [0.15, 0.2) is 47.5 Å². The molecule has 0 bridgehead atoms. The van der Waals surface area contributed by atoms with E-state index in [4.69, 9.17) is 11.1 Å². The van der Waals surface area contributed by atoms with Gasteiger partial charge in [-0.05, 0) is 67.5 Å². The average molecular weight is 550 g/mol. The summed E-state index contributed by atoms with van der Waals surface area (Å²) in [6.45, 7) is 2.91. The molecule has 1 saturated carbocycles. The number of alkyl halides is 5. The first-order chi connectivity index (χ1) is 18.3. The van der Waals surface area contributed by atoms with Gasteiger partial charge in [0, 0.05) is 25.5 Å². The molecular formula is C27H30F5N6O+. The van der Waals surface area contributed by atoms with E-state index in [1.165, 1.54) is 37.5 Å². The van der Waals surface area contributed by atoms with Gasteiger partial charge in [-0.1, -0.05) is 12.1 Å². The number of hydrogen-bond acceptors (Lipinski definition) is 3. The van der Waals surface area contributed by atoms with Gasteiger partial charge in [-0.25, -0.2) is 18.2 Å². The van der Waals surface area contributed by atoms with Gasteiger partial charge in [0.25, 0.3) is 0 Å². The topological polar surface area (TPSA) is 82.5 Å². The number of nitrogens with one attached hydrogen (secondary N) is 1. The number of likely N-dealkylation sites (tertiary alicyclic amines) is 1. The molecule has 1 aromatic carbocycles. The maximum Gasteiger partial charge on any atom is 0.418 e. The fourth-order valence-electron chi connectivity index (χ4n) is 5.39. The molecular weight excluding hydrogens is 519 g/mol. The number of halogens is 5. The average Bonchev–Trinajstić information content (AvgIpc) is 3.42. The third-order valence-electron chi connectivity index (χ3n) is 8.04. The van der Waals surface area contributed by atoms with Gasteiger partial charge < -0.3 is 5.73 Å². The molecule has 208 valence electrons. The maximum absolute atomic E-state index is 15.7. The fourth-order valence-corrected chi connectivity index (χ4v) is 5.39. The van der Waals surface area contributed by atoms with Crippen molar-refractivity contribution in [1.29, 1.82) is 5.41 Å². The molecule has 0 unspecified atom stereocenters. The Morgan fingerprint density at radius 3 is 2.54 bits per heavy atom. The van der Waals surface area contributed by atoms with Crippen LogP contribution < -0.4 is 11.4 Å². The van der Waals surface area contributed by atoms with Crippen LogP contribution in [-0.2, 0) is 18.4 Å². The molecule has 0 radical (unpaired) electrons. The van der Waals surface area contributed by atoms with Crippen molar-refractivity contribution >= 4 is 17.7 Å². The van der Waals surface area contributed by atoms with E-state index in [0.29, 0.717) is 17.5 Å². The normalized spacial score (nSPS) is 20.2. The van der Waals surface area contributed by atoms with Crippen LogP contribution >= 0.6 is 0 Å². The number of aromatic nitrogens is 2. The van der Waals surface area contributed by atoms with Gasteiger partial charge in [0.1, 0.15) is 0 Å². The third-order valence-corrected chi connectivity index (χ3v) is 8.04. The van der Waals surface area contributed by atoms with Crippen LogP contribution in [0, 0.1) is 10.8 Å². The number of amidine groups is 1. The highest BCUT2D eigenvalue weighted by atomic mass is 19.4. The third kappa shape index (κ3) is 4.86. The van der Waals surface area contributed by atoms with Crippen molar-refractivity contribution in [3.8, 4) is 5.69 Å². The second kappa shape index (κ2) is 9.29. The Balaban J connectivity index is 1.56. The van der Waals surface area contributed by atoms with Crippen molar-refractivity contribution in [3.05, 3.63) is 69.9 Å². The highest BCUT2D eigenvalue weighted by Crippen LogP contribution is 2.52. The number of nitrogens with two attached hydrogens (primary N) is 1. The number of pyridine rings is 1. The molecule has 7 nitrogen and oxygen atoms in total. The van der Waals surface area contributed by atoms with Gasteiger partial charge in [-0.2, -0.15) is 18.6 Å². The lowest BCUT2D eigenvalue weighted by molar-refractivity contribution is -0.367. The quantitative estimate of drug-likeness (QED) is 0.200. The molecule has 1 spiro atoms. The minimum atomic E-state index is -4.71. The van der Waals surface area contributed by atoms with Crippen LogP contribution in [0.1, 0.15) is 42.9 Å². The van der Waals surface area contributed by atoms with Crippen LogP contribution in [-0.4, -0.2) is 56.9 Å². The highest BCUT2D eigenvalue weighted by molar-refractivity contribution is 5.84. The zero-order valence-electron chi connectivity index (χ0n) is 21.6. The minimum absolute atomic E-state index is 0.0705. The van der Waals surface area contributed by atoms with E-state index >= 15 is 8.78 Å². The molecule has 3 N–H and O–H groups in total. The number of hydrogen-bond donors (Lipinski definition) is 2. The first-order valence-electron chi connectivity index (χ1n) is 12.6. The molecule has 0 amide bonds. The standard InChI is InChI=1S/C27H29F5N6O/c1-25(29,22(28)23(34)35(2)16-33)18-4-3-5-19(11-18)37-14-21-20(27(30,31)32)10-17(13-38(21)24(37)39)12-36-9-8-26(15-36)6-7-26/h3-5,10-11,13-14,16,22,33-34H,6-9,12,15H2,1-2H3/p+1/t22-,25-/m0/s1. The van der Waals surface area contributed by atoms with Crippen LogP contribution in [0.25, 0.3) is 11.2 Å². The number of fused-ring (bicyclic) bond motifs is 1. The number of nitrogens with zero attached hydrogens (tertiary/aromatic N) is 4. The molecule has 3 heterocycles. The molecule has 39 heavy (non-hydrogen) atoms. The summed E-state index contributed by atoms with van der Waals surface area (Å²) in [4.78, 5) is 15.5. The summed E-state index contributed by atoms with van der Waals surface area (Å²) in [6.07, 6.45) is -0.504. The van der Waals surface area contributed by atoms with Gasteiger partial charge in [-0.15, -0.1) is 0 Å². The summed E-state index contributed by atoms with van der Waals surface area (Å²) in [5.74, 6) is -0.528. The summed E-state index contributed by atoms with van der Waals surface area (Å²) in [6, 6.07) is 6.41. The molecule has 2 fully saturated rings. The highest BCUT2D eigenvalue weighted by Gasteiger charge is 2.47. The molecule has 2 aromatic heterocycles. The second-order valence-electron chi connectivity index (χ2n) is 10.9. The van der Waals surface area contributed by atoms with Gasteiger partial charge >= 0.3 is 11.9 Å². The molecule has 1 aliphatic carbocycles. The SMILES string of the molecule is C[N+](C=N)=C(N)[C@H](F)[C@@](C)(F)c1cccc(-n2cc3c(C(F)(F)F)cc(CN4CCC5(CC5)C4)cn3c2=O)c1. The van der Waals surface area contributed by atoms with E-state index in [1.807, 2.05) is 0 Å². The van der Waals surface area contributed by atoms with Crippen molar-refractivity contribution in [2.45, 2.75) is 50.7 Å². The number of rotatable bonds is 7. The molecule has 1 saturated heterocycles. The van der Waals surface area contributed by atoms with Crippen molar-refractivity contribution in [2.24, 2.45) is 11.1 Å². The predicted octanol–water partition coefficient (Wildman–Crippen LogP) is 4.22. The predicted molar refractivity (Wildman–Crippen MR) is 137 cm³/mol. The van der Waals surface area contributed by atoms with Gasteiger partial charge in [0.2, 0.25) is 18.3 Å². The molecule has 5 rings (SSSR count). The van der Waals surface area contributed by atoms with Gasteiger partial charge in [0.05, 0.1) is 23.8 Å². The first-order valence-corrected chi connectivity index (χ1v) is 12.6. The van der Waals surface area contributed by atoms with E-state index in [-0.39, 0.29) is 16.8 Å². The molecule has 12 heteroatoms. The molecule has 1 aliphatic heterocycles. The smallest absolute Gasteiger partial charge is 0.320 e. The Bertz CT molecular complexity index is 1530. The molecule has 2 aliphatic rings. The second-order valence-corrected chi connectivity index (χ2v) is 10.9. The monoisotopic (exact) mass is 549 g/mol. The van der Waals surface area contributed by atoms with Crippen molar-refractivity contribution in [3.63, 3.8) is 0 Å². The van der Waals surface area contributed by atoms with Crippen LogP contribution in [0.2, 0.25) is 0 Å². The Morgan fingerprint density at radius 2 is 1.92 bits per heavy atom. The van der Waals surface area contributed by atoms with Crippen molar-refractivity contribution in [2.75, 3.05) is 20.1 Å². The summed E-state index contributed by atoms with van der Waals surface area (Å²) in [7, 11) is 1.30. The Morgan fingerprint density at radius 1 is 1.21 bits per heavy atom. The van der Waals surface area contributed by atoms with E-state index < -0.39 is 35.1 Å². The van der Waals surface area contributed by atoms with Crippen LogP contribution in [0.4, 0.5) is 22.0 Å². The van der Waals surface area contributed by atoms with E-state index in [2.05, 4.69) is 4.90 Å². The van der Waals surface area contributed by atoms with Crippen LogP contribution in [0.3, 0.4) is 0 Å². The molecule has 2 atom stereocenters. The Labute approximate surface area is 221 Å². The van der Waals surface area contributed by atoms with E-state index in [9.17, 15) is 18.0 Å². The number of benzene rings is 1. The number of imidazole rings is 1. The minimum Gasteiger partial charge on any atom is -0.320 e. The summed E-state index contributed by atoms with van der Waals surface area (Å²) < 4.78 is 75.9. The van der Waals surface area contributed by atoms with Crippen molar-refractivity contribution in [1.82, 2.24) is 13.9 Å². The maximum atomic E-state index is 15.7. The zero-order valence-corrected chi connectivity index (χ0v) is 21.6. The molecule has 3 aromatic rings. The lowest BCUT2D eigenvalue weighted by Gasteiger charge is -2.24. The summed E-state index contributed by atoms with van der Waals surface area (Å²) >= 11 is 0. The summed E-state index contributed by atoms with van der Waals surface area (Å²) in [5, 5.41) is 7.21.